The smallest absolute Gasteiger partial charge is 0.280 e. The third kappa shape index (κ3) is 3.62. The Kier molecular flexibility index (Phi) is 5.21. The first-order valence-corrected chi connectivity index (χ1v) is 8.37. The number of hydrogen-bond acceptors (Lipinski definition) is 4. The number of rotatable bonds is 7. The second kappa shape index (κ2) is 7.73. The highest BCUT2D eigenvalue weighted by Gasteiger charge is 2.13. The predicted molar refractivity (Wildman–Crippen MR) is 93.3 cm³/mol. The van der Waals surface area contributed by atoms with Crippen LogP contribution in [0.25, 0.3) is 11.0 Å². The van der Waals surface area contributed by atoms with Crippen LogP contribution in [0, 0.1) is 0 Å². The Morgan fingerprint density at radius 1 is 1.04 bits per heavy atom. The lowest BCUT2D eigenvalue weighted by Gasteiger charge is -2.07. The molecular weight excluding hydrogens is 302 g/mol. The fourth-order valence-electron chi connectivity index (χ4n) is 2.55. The summed E-state index contributed by atoms with van der Waals surface area (Å²) in [5.74, 6) is 0.588. The van der Waals surface area contributed by atoms with Gasteiger partial charge in [0.2, 0.25) is 0 Å². The van der Waals surface area contributed by atoms with Gasteiger partial charge in [0.15, 0.2) is 0 Å². The van der Waals surface area contributed by atoms with Crippen LogP contribution in [-0.4, -0.2) is 27.5 Å². The number of ether oxygens (including phenoxy) is 1. The van der Waals surface area contributed by atoms with E-state index in [1.54, 1.807) is 12.1 Å². The predicted octanol–water partition coefficient (Wildman–Crippen LogP) is 4.08. The summed E-state index contributed by atoms with van der Waals surface area (Å²) in [4.78, 5) is 12.6. The summed E-state index contributed by atoms with van der Waals surface area (Å²) in [7, 11) is 0. The average Bonchev–Trinajstić information content (AvgIpc) is 3.05. The maximum Gasteiger partial charge on any atom is 0.280 e. The molecule has 3 rings (SSSR count). The van der Waals surface area contributed by atoms with Gasteiger partial charge in [-0.05, 0) is 42.8 Å². The monoisotopic (exact) mass is 323 g/mol. The van der Waals surface area contributed by atoms with Gasteiger partial charge in [0.25, 0.3) is 5.91 Å². The molecule has 24 heavy (non-hydrogen) atoms. The molecule has 0 aliphatic rings. The summed E-state index contributed by atoms with van der Waals surface area (Å²) >= 11 is 0. The van der Waals surface area contributed by atoms with E-state index in [9.17, 15) is 4.79 Å². The van der Waals surface area contributed by atoms with Gasteiger partial charge < -0.3 is 4.74 Å². The van der Waals surface area contributed by atoms with Crippen molar-refractivity contribution in [3.8, 4) is 5.75 Å². The third-order valence-electron chi connectivity index (χ3n) is 3.91. The standard InChI is InChI=1S/C19H21N3O2/c1-2-3-4-7-14-24-16-12-10-15(11-13-16)19(23)22-18-9-6-5-8-17(18)20-21-22/h5-6,8-13H,2-4,7,14H2,1H3. The van der Waals surface area contributed by atoms with Gasteiger partial charge in [0.1, 0.15) is 11.3 Å². The van der Waals surface area contributed by atoms with Crippen LogP contribution in [0.1, 0.15) is 43.0 Å². The number of benzene rings is 2. The quantitative estimate of drug-likeness (QED) is 0.615. The molecule has 0 bridgehead atoms. The van der Waals surface area contributed by atoms with Gasteiger partial charge >= 0.3 is 0 Å². The lowest BCUT2D eigenvalue weighted by atomic mass is 10.2. The normalized spacial score (nSPS) is 10.9. The molecule has 0 saturated heterocycles. The minimum absolute atomic E-state index is 0.196. The lowest BCUT2D eigenvalue weighted by Crippen LogP contribution is -2.13. The van der Waals surface area contributed by atoms with Crippen molar-refractivity contribution >= 4 is 16.9 Å². The van der Waals surface area contributed by atoms with Crippen molar-refractivity contribution < 1.29 is 9.53 Å². The molecule has 2 aromatic carbocycles. The molecule has 0 amide bonds. The fraction of sp³-hybridized carbons (Fsp3) is 0.316. The molecule has 1 heterocycles. The van der Waals surface area contributed by atoms with E-state index in [1.807, 2.05) is 36.4 Å². The van der Waals surface area contributed by atoms with Crippen molar-refractivity contribution in [2.45, 2.75) is 32.6 Å². The first-order valence-electron chi connectivity index (χ1n) is 8.37. The SMILES string of the molecule is CCCCCCOc1ccc(C(=O)n2nnc3ccccc32)cc1. The highest BCUT2D eigenvalue weighted by atomic mass is 16.5. The van der Waals surface area contributed by atoms with Crippen LogP contribution in [0.2, 0.25) is 0 Å². The molecule has 0 spiro atoms. The summed E-state index contributed by atoms with van der Waals surface area (Å²) in [5, 5.41) is 7.97. The van der Waals surface area contributed by atoms with Gasteiger partial charge in [-0.1, -0.05) is 43.5 Å². The van der Waals surface area contributed by atoms with Gasteiger partial charge in [-0.2, -0.15) is 4.68 Å². The Balaban J connectivity index is 1.66. The van der Waals surface area contributed by atoms with Crippen LogP contribution in [0.5, 0.6) is 5.75 Å². The van der Waals surface area contributed by atoms with E-state index in [1.165, 1.54) is 23.9 Å². The second-order valence-electron chi connectivity index (χ2n) is 5.73. The van der Waals surface area contributed by atoms with Crippen molar-refractivity contribution in [1.29, 1.82) is 0 Å². The zero-order valence-corrected chi connectivity index (χ0v) is 13.8. The number of carbonyl (C=O) groups is 1. The van der Waals surface area contributed by atoms with Crippen LogP contribution < -0.4 is 4.74 Å². The zero-order valence-electron chi connectivity index (χ0n) is 13.8. The van der Waals surface area contributed by atoms with Crippen LogP contribution >= 0.6 is 0 Å². The first-order chi connectivity index (χ1) is 11.8. The highest BCUT2D eigenvalue weighted by molar-refractivity contribution is 6.00. The van der Waals surface area contributed by atoms with Crippen molar-refractivity contribution in [2.24, 2.45) is 0 Å². The molecular formula is C19H21N3O2. The largest absolute Gasteiger partial charge is 0.494 e. The Bertz CT molecular complexity index is 809. The van der Waals surface area contributed by atoms with Crippen molar-refractivity contribution in [3.05, 3.63) is 54.1 Å². The topological polar surface area (TPSA) is 57.0 Å². The summed E-state index contributed by atoms with van der Waals surface area (Å²) in [6.45, 7) is 2.90. The summed E-state index contributed by atoms with van der Waals surface area (Å²) in [6.07, 6.45) is 4.70. The van der Waals surface area contributed by atoms with Gasteiger partial charge in [-0.15, -0.1) is 5.10 Å². The molecule has 0 atom stereocenters. The fourth-order valence-corrected chi connectivity index (χ4v) is 2.55. The minimum atomic E-state index is -0.196. The molecule has 0 radical (unpaired) electrons. The molecule has 0 aliphatic heterocycles. The summed E-state index contributed by atoms with van der Waals surface area (Å²) in [5.41, 5.74) is 1.97. The number of aromatic nitrogens is 3. The maximum atomic E-state index is 12.6. The molecule has 0 N–H and O–H groups in total. The van der Waals surface area contributed by atoms with Crippen LogP contribution in [0.15, 0.2) is 48.5 Å². The number of hydrogen-bond donors (Lipinski definition) is 0. The van der Waals surface area contributed by atoms with E-state index in [0.29, 0.717) is 23.2 Å². The Labute approximate surface area is 141 Å². The second-order valence-corrected chi connectivity index (χ2v) is 5.73. The van der Waals surface area contributed by atoms with Crippen LogP contribution in [-0.2, 0) is 0 Å². The van der Waals surface area contributed by atoms with Gasteiger partial charge in [-0.25, -0.2) is 0 Å². The molecule has 5 nitrogen and oxygen atoms in total. The summed E-state index contributed by atoms with van der Waals surface area (Å²) in [6, 6.07) is 14.6. The minimum Gasteiger partial charge on any atom is -0.494 e. The van der Waals surface area contributed by atoms with E-state index in [4.69, 9.17) is 4.74 Å². The average molecular weight is 323 g/mol. The number of unbranched alkanes of at least 4 members (excludes halogenated alkanes) is 3. The number of fused-ring (bicyclic) bond motifs is 1. The lowest BCUT2D eigenvalue weighted by molar-refractivity contribution is 0.0948. The summed E-state index contributed by atoms with van der Waals surface area (Å²) < 4.78 is 7.03. The molecule has 0 aliphatic carbocycles. The van der Waals surface area contributed by atoms with Gasteiger partial charge in [0.05, 0.1) is 12.1 Å². The molecule has 124 valence electrons. The Morgan fingerprint density at radius 3 is 2.62 bits per heavy atom. The van der Waals surface area contributed by atoms with E-state index in [0.717, 1.165) is 12.2 Å². The number of nitrogens with zero attached hydrogens (tertiary/aromatic N) is 3. The molecule has 0 fully saturated rings. The molecule has 1 aromatic heterocycles. The molecule has 3 aromatic rings. The van der Waals surface area contributed by atoms with Crippen LogP contribution in [0.4, 0.5) is 0 Å². The number of para-hydroxylation sites is 1. The van der Waals surface area contributed by atoms with Gasteiger partial charge in [-0.3, -0.25) is 4.79 Å². The zero-order chi connectivity index (χ0) is 16.8. The van der Waals surface area contributed by atoms with Gasteiger partial charge in [0, 0.05) is 5.56 Å². The molecule has 5 heteroatoms. The highest BCUT2D eigenvalue weighted by Crippen LogP contribution is 2.16. The van der Waals surface area contributed by atoms with Crippen molar-refractivity contribution in [1.82, 2.24) is 15.0 Å². The maximum absolute atomic E-state index is 12.6. The first kappa shape index (κ1) is 16.2. The van der Waals surface area contributed by atoms with E-state index < -0.39 is 0 Å². The van der Waals surface area contributed by atoms with E-state index >= 15 is 0 Å². The van der Waals surface area contributed by atoms with Crippen molar-refractivity contribution in [3.63, 3.8) is 0 Å². The van der Waals surface area contributed by atoms with E-state index in [2.05, 4.69) is 17.2 Å². The Morgan fingerprint density at radius 2 is 1.83 bits per heavy atom. The Hall–Kier alpha value is -2.69. The van der Waals surface area contributed by atoms with E-state index in [-0.39, 0.29) is 5.91 Å². The molecule has 0 saturated carbocycles. The third-order valence-corrected chi connectivity index (χ3v) is 3.91. The molecule has 0 unspecified atom stereocenters. The number of carbonyl (C=O) groups excluding carboxylic acids is 1. The van der Waals surface area contributed by atoms with Crippen LogP contribution in [0.3, 0.4) is 0 Å². The van der Waals surface area contributed by atoms with Crippen molar-refractivity contribution in [2.75, 3.05) is 6.61 Å².